The Balaban J connectivity index is 2.30. The van der Waals surface area contributed by atoms with Gasteiger partial charge in [0.2, 0.25) is 0 Å². The molecule has 0 bridgehead atoms. The highest BCUT2D eigenvalue weighted by atomic mass is 35.5. The molecule has 0 spiro atoms. The molecule has 1 heterocycles. The van der Waals surface area contributed by atoms with Gasteiger partial charge in [-0.1, -0.05) is 17.7 Å². The number of hydrogen-bond donors (Lipinski definition) is 1. The molecule has 1 aromatic carbocycles. The van der Waals surface area contributed by atoms with Crippen molar-refractivity contribution < 1.29 is 9.84 Å². The molecule has 1 N–H and O–H groups in total. The smallest absolute Gasteiger partial charge is 0.0858 e. The number of rotatable bonds is 2. The van der Waals surface area contributed by atoms with Gasteiger partial charge in [0.15, 0.2) is 0 Å². The molecule has 0 aliphatic carbocycles. The molecule has 3 heteroatoms. The van der Waals surface area contributed by atoms with Crippen molar-refractivity contribution in [2.45, 2.75) is 39.4 Å². The zero-order chi connectivity index (χ0) is 12.6. The molecule has 2 rings (SSSR count). The Morgan fingerprint density at radius 3 is 2.59 bits per heavy atom. The standard InChI is InChI=1S/C14H19ClO2/c1-8-6-12(13(15)7-9(8)2)14(16)11-4-5-17-10(11)3/h6-7,10-11,14,16H,4-5H2,1-3H3. The van der Waals surface area contributed by atoms with Gasteiger partial charge in [-0.3, -0.25) is 0 Å². The summed E-state index contributed by atoms with van der Waals surface area (Å²) in [6, 6.07) is 3.92. The van der Waals surface area contributed by atoms with Crippen molar-refractivity contribution in [3.63, 3.8) is 0 Å². The van der Waals surface area contributed by atoms with Gasteiger partial charge in [0, 0.05) is 17.5 Å². The lowest BCUT2D eigenvalue weighted by Gasteiger charge is -2.23. The highest BCUT2D eigenvalue weighted by molar-refractivity contribution is 6.31. The molecule has 3 atom stereocenters. The van der Waals surface area contributed by atoms with E-state index in [1.54, 1.807) is 0 Å². The van der Waals surface area contributed by atoms with Gasteiger partial charge < -0.3 is 9.84 Å². The lowest BCUT2D eigenvalue weighted by molar-refractivity contribution is 0.0432. The van der Waals surface area contributed by atoms with E-state index in [0.29, 0.717) is 5.02 Å². The van der Waals surface area contributed by atoms with Crippen LogP contribution in [0.25, 0.3) is 0 Å². The first-order valence-electron chi connectivity index (χ1n) is 6.07. The first kappa shape index (κ1) is 12.9. The summed E-state index contributed by atoms with van der Waals surface area (Å²) < 4.78 is 5.50. The molecule has 94 valence electrons. The lowest BCUT2D eigenvalue weighted by atomic mass is 9.89. The Morgan fingerprint density at radius 1 is 1.35 bits per heavy atom. The average molecular weight is 255 g/mol. The molecule has 1 aromatic rings. The van der Waals surface area contributed by atoms with Gasteiger partial charge in [0.25, 0.3) is 0 Å². The van der Waals surface area contributed by atoms with Crippen LogP contribution >= 0.6 is 11.6 Å². The molecule has 2 nitrogen and oxygen atoms in total. The van der Waals surface area contributed by atoms with Crippen LogP contribution in [-0.2, 0) is 4.74 Å². The molecule has 0 aromatic heterocycles. The van der Waals surface area contributed by atoms with E-state index >= 15 is 0 Å². The molecule has 17 heavy (non-hydrogen) atoms. The zero-order valence-corrected chi connectivity index (χ0v) is 11.3. The van der Waals surface area contributed by atoms with Gasteiger partial charge in [-0.15, -0.1) is 0 Å². The van der Waals surface area contributed by atoms with Crippen molar-refractivity contribution in [2.75, 3.05) is 6.61 Å². The Bertz CT molecular complexity index is 417. The average Bonchev–Trinajstić information content (AvgIpc) is 2.69. The number of aliphatic hydroxyl groups is 1. The van der Waals surface area contributed by atoms with Crippen molar-refractivity contribution in [3.8, 4) is 0 Å². The zero-order valence-electron chi connectivity index (χ0n) is 10.5. The summed E-state index contributed by atoms with van der Waals surface area (Å²) in [4.78, 5) is 0. The van der Waals surface area contributed by atoms with E-state index < -0.39 is 6.10 Å². The summed E-state index contributed by atoms with van der Waals surface area (Å²) in [5.74, 6) is 0.148. The van der Waals surface area contributed by atoms with Crippen LogP contribution in [0.5, 0.6) is 0 Å². The fourth-order valence-electron chi connectivity index (χ4n) is 2.42. The molecule has 1 aliphatic heterocycles. The van der Waals surface area contributed by atoms with Gasteiger partial charge in [-0.2, -0.15) is 0 Å². The summed E-state index contributed by atoms with van der Waals surface area (Å²) in [7, 11) is 0. The number of halogens is 1. The molecular weight excluding hydrogens is 236 g/mol. The number of aliphatic hydroxyl groups excluding tert-OH is 1. The van der Waals surface area contributed by atoms with Crippen LogP contribution in [0.4, 0.5) is 0 Å². The van der Waals surface area contributed by atoms with Crippen molar-refractivity contribution in [1.29, 1.82) is 0 Å². The Kier molecular flexibility index (Phi) is 3.76. The van der Waals surface area contributed by atoms with Crippen molar-refractivity contribution in [3.05, 3.63) is 33.8 Å². The van der Waals surface area contributed by atoms with Gasteiger partial charge in [0.1, 0.15) is 0 Å². The molecule has 0 amide bonds. The van der Waals surface area contributed by atoms with Crippen LogP contribution in [0.3, 0.4) is 0 Å². The number of ether oxygens (including phenoxy) is 1. The Labute approximate surface area is 108 Å². The fourth-order valence-corrected chi connectivity index (χ4v) is 2.75. The third kappa shape index (κ3) is 2.49. The van der Waals surface area contributed by atoms with E-state index in [0.717, 1.165) is 29.7 Å². The summed E-state index contributed by atoms with van der Waals surface area (Å²) in [5, 5.41) is 11.1. The molecule has 0 saturated carbocycles. The van der Waals surface area contributed by atoms with E-state index in [2.05, 4.69) is 0 Å². The fraction of sp³-hybridized carbons (Fsp3) is 0.571. The maximum atomic E-state index is 10.4. The second kappa shape index (κ2) is 4.97. The van der Waals surface area contributed by atoms with Gasteiger partial charge in [0.05, 0.1) is 12.2 Å². The van der Waals surface area contributed by atoms with E-state index in [-0.39, 0.29) is 12.0 Å². The first-order chi connectivity index (χ1) is 8.00. The van der Waals surface area contributed by atoms with Gasteiger partial charge in [-0.05, 0) is 49.9 Å². The first-order valence-corrected chi connectivity index (χ1v) is 6.45. The molecule has 1 saturated heterocycles. The van der Waals surface area contributed by atoms with Crippen molar-refractivity contribution in [1.82, 2.24) is 0 Å². The maximum absolute atomic E-state index is 10.4. The SMILES string of the molecule is Cc1cc(Cl)c(C(O)C2CCOC2C)cc1C. The molecule has 3 unspecified atom stereocenters. The highest BCUT2D eigenvalue weighted by Crippen LogP contribution is 2.37. The van der Waals surface area contributed by atoms with Crippen LogP contribution in [0.1, 0.15) is 36.1 Å². The number of benzene rings is 1. The van der Waals surface area contributed by atoms with E-state index in [1.165, 1.54) is 0 Å². The van der Waals surface area contributed by atoms with E-state index in [1.807, 2.05) is 32.9 Å². The quantitative estimate of drug-likeness (QED) is 0.876. The monoisotopic (exact) mass is 254 g/mol. The van der Waals surface area contributed by atoms with Crippen LogP contribution < -0.4 is 0 Å². The summed E-state index contributed by atoms with van der Waals surface area (Å²) in [6.45, 7) is 6.80. The largest absolute Gasteiger partial charge is 0.388 e. The molecule has 1 fully saturated rings. The topological polar surface area (TPSA) is 29.5 Å². The number of hydrogen-bond acceptors (Lipinski definition) is 2. The molecular formula is C14H19ClO2. The minimum atomic E-state index is -0.528. The normalized spacial score (nSPS) is 26.2. The summed E-state index contributed by atoms with van der Waals surface area (Å²) in [5.41, 5.74) is 3.15. The lowest BCUT2D eigenvalue weighted by Crippen LogP contribution is -2.20. The van der Waals surface area contributed by atoms with Crippen LogP contribution in [-0.4, -0.2) is 17.8 Å². The van der Waals surface area contributed by atoms with Gasteiger partial charge in [-0.25, -0.2) is 0 Å². The number of aryl methyl sites for hydroxylation is 2. The summed E-state index contributed by atoms with van der Waals surface area (Å²) >= 11 is 6.22. The van der Waals surface area contributed by atoms with Gasteiger partial charge >= 0.3 is 0 Å². The van der Waals surface area contributed by atoms with Crippen LogP contribution in [0.2, 0.25) is 5.02 Å². The minimum Gasteiger partial charge on any atom is -0.388 e. The molecule has 0 radical (unpaired) electrons. The second-order valence-electron chi connectivity index (χ2n) is 4.93. The highest BCUT2D eigenvalue weighted by Gasteiger charge is 2.32. The van der Waals surface area contributed by atoms with E-state index in [9.17, 15) is 5.11 Å². The maximum Gasteiger partial charge on any atom is 0.0858 e. The predicted octanol–water partition coefficient (Wildman–Crippen LogP) is 3.42. The van der Waals surface area contributed by atoms with E-state index in [4.69, 9.17) is 16.3 Å². The Morgan fingerprint density at radius 2 is 2.00 bits per heavy atom. The molecule has 1 aliphatic rings. The third-order valence-electron chi connectivity index (χ3n) is 3.77. The predicted molar refractivity (Wildman–Crippen MR) is 69.4 cm³/mol. The van der Waals surface area contributed by atoms with Crippen LogP contribution in [0, 0.1) is 19.8 Å². The van der Waals surface area contributed by atoms with Crippen LogP contribution in [0.15, 0.2) is 12.1 Å². The summed E-state index contributed by atoms with van der Waals surface area (Å²) in [6.07, 6.45) is 0.466. The van der Waals surface area contributed by atoms with Crippen molar-refractivity contribution in [2.24, 2.45) is 5.92 Å². The Hall–Kier alpha value is -0.570. The minimum absolute atomic E-state index is 0.0997. The second-order valence-corrected chi connectivity index (χ2v) is 5.34. The van der Waals surface area contributed by atoms with Crippen molar-refractivity contribution >= 4 is 11.6 Å². The third-order valence-corrected chi connectivity index (χ3v) is 4.10.